The van der Waals surface area contributed by atoms with Crippen molar-refractivity contribution in [3.8, 4) is 6.07 Å². The quantitative estimate of drug-likeness (QED) is 0.856. The van der Waals surface area contributed by atoms with Crippen molar-refractivity contribution in [2.24, 2.45) is 5.92 Å². The monoisotopic (exact) mass is 335 g/mol. The molecule has 0 aromatic carbocycles. The van der Waals surface area contributed by atoms with Crippen LogP contribution in [0.5, 0.6) is 0 Å². The lowest BCUT2D eigenvalue weighted by atomic mass is 9.96. The smallest absolute Gasteiger partial charge is 0.253 e. The third-order valence-corrected chi connectivity index (χ3v) is 5.31. The van der Waals surface area contributed by atoms with Crippen LogP contribution in [-0.2, 0) is 19.4 Å². The summed E-state index contributed by atoms with van der Waals surface area (Å²) in [5, 5.41) is 9.50. The molecule has 1 aliphatic carbocycles. The number of rotatable bonds is 3. The maximum absolute atomic E-state index is 11.8. The third-order valence-electron chi connectivity index (χ3n) is 5.31. The number of hydrogen-bond donors (Lipinski definition) is 0. The van der Waals surface area contributed by atoms with Crippen molar-refractivity contribution < 1.29 is 0 Å². The molecule has 4 rings (SSSR count). The molecule has 0 radical (unpaired) electrons. The Hall–Kier alpha value is -2.68. The highest BCUT2D eigenvalue weighted by Crippen LogP contribution is 2.29. The fraction of sp³-hybridized carbons (Fsp3) is 0.474. The Morgan fingerprint density at radius 3 is 2.88 bits per heavy atom. The van der Waals surface area contributed by atoms with E-state index in [0.717, 1.165) is 56.7 Å². The van der Waals surface area contributed by atoms with Crippen LogP contribution in [-0.4, -0.2) is 27.6 Å². The zero-order valence-electron chi connectivity index (χ0n) is 14.2. The van der Waals surface area contributed by atoms with Gasteiger partial charge in [-0.15, -0.1) is 0 Å². The minimum absolute atomic E-state index is 0.00415. The Balaban J connectivity index is 1.47. The lowest BCUT2D eigenvalue weighted by Gasteiger charge is -2.33. The number of nitriles is 1. The van der Waals surface area contributed by atoms with E-state index in [1.54, 1.807) is 10.9 Å². The first-order valence-corrected chi connectivity index (χ1v) is 8.93. The van der Waals surface area contributed by atoms with Gasteiger partial charge in [0.25, 0.3) is 5.56 Å². The average Bonchev–Trinajstić information content (AvgIpc) is 3.10. The normalized spacial score (nSPS) is 17.3. The van der Waals surface area contributed by atoms with Gasteiger partial charge in [0.1, 0.15) is 11.9 Å². The first-order valence-electron chi connectivity index (χ1n) is 8.93. The Morgan fingerprint density at radius 1 is 1.28 bits per heavy atom. The van der Waals surface area contributed by atoms with Crippen molar-refractivity contribution in [1.82, 2.24) is 14.5 Å². The molecule has 0 bridgehead atoms. The van der Waals surface area contributed by atoms with Gasteiger partial charge >= 0.3 is 0 Å². The number of fused-ring (bicyclic) bond motifs is 1. The van der Waals surface area contributed by atoms with Crippen molar-refractivity contribution in [3.63, 3.8) is 0 Å². The molecule has 0 saturated carbocycles. The summed E-state index contributed by atoms with van der Waals surface area (Å²) in [5.74, 6) is 1.30. The molecule has 3 heterocycles. The van der Waals surface area contributed by atoms with Crippen LogP contribution < -0.4 is 10.5 Å². The lowest BCUT2D eigenvalue weighted by molar-refractivity contribution is 0.350. The molecule has 25 heavy (non-hydrogen) atoms. The lowest BCUT2D eigenvalue weighted by Crippen LogP contribution is -2.37. The number of anilines is 1. The van der Waals surface area contributed by atoms with Gasteiger partial charge in [0.05, 0.1) is 11.9 Å². The summed E-state index contributed by atoms with van der Waals surface area (Å²) in [4.78, 5) is 22.9. The van der Waals surface area contributed by atoms with Gasteiger partial charge < -0.3 is 4.90 Å². The molecule has 1 aliphatic heterocycles. The topological polar surface area (TPSA) is 74.8 Å². The van der Waals surface area contributed by atoms with Gasteiger partial charge in [-0.2, -0.15) is 5.26 Å². The molecule has 1 fully saturated rings. The SMILES string of the molecule is N#Cc1cc2c(nc1N1CCC(Cn3cnccc3=O)CC1)CCC2. The number of pyridine rings is 1. The fourth-order valence-corrected chi connectivity index (χ4v) is 3.91. The summed E-state index contributed by atoms with van der Waals surface area (Å²) in [6.45, 7) is 2.46. The van der Waals surface area contributed by atoms with Gasteiger partial charge in [0.15, 0.2) is 0 Å². The number of nitrogens with zero attached hydrogens (tertiary/aromatic N) is 5. The van der Waals surface area contributed by atoms with Crippen LogP contribution in [0.25, 0.3) is 0 Å². The number of aromatic nitrogens is 3. The van der Waals surface area contributed by atoms with E-state index in [9.17, 15) is 10.1 Å². The molecular formula is C19H21N5O. The Morgan fingerprint density at radius 2 is 2.12 bits per heavy atom. The van der Waals surface area contributed by atoms with Gasteiger partial charge in [-0.25, -0.2) is 9.97 Å². The van der Waals surface area contributed by atoms with Crippen LogP contribution in [0.1, 0.15) is 36.1 Å². The van der Waals surface area contributed by atoms with Crippen molar-refractivity contribution >= 4 is 5.82 Å². The molecule has 1 saturated heterocycles. The highest BCUT2D eigenvalue weighted by molar-refractivity contribution is 5.57. The third kappa shape index (κ3) is 3.14. The van der Waals surface area contributed by atoms with Crippen LogP contribution in [0.4, 0.5) is 5.82 Å². The van der Waals surface area contributed by atoms with E-state index in [1.807, 2.05) is 6.07 Å². The Kier molecular flexibility index (Phi) is 4.22. The predicted molar refractivity (Wildman–Crippen MR) is 94.4 cm³/mol. The molecule has 0 atom stereocenters. The summed E-state index contributed by atoms with van der Waals surface area (Å²) in [6.07, 6.45) is 8.33. The Labute approximate surface area is 146 Å². The maximum atomic E-state index is 11.8. The zero-order chi connectivity index (χ0) is 17.2. The predicted octanol–water partition coefficient (Wildman–Crippen LogP) is 1.92. The standard InChI is InChI=1S/C19H21N5O/c20-11-16-10-15-2-1-3-17(15)22-19(16)23-8-5-14(6-9-23)12-24-13-21-7-4-18(24)25/h4,7,10,13-14H,1-3,5-6,8-9,12H2. The van der Waals surface area contributed by atoms with Crippen molar-refractivity contribution in [2.45, 2.75) is 38.6 Å². The minimum Gasteiger partial charge on any atom is -0.355 e. The van der Waals surface area contributed by atoms with Crippen LogP contribution in [0.2, 0.25) is 0 Å². The molecular weight excluding hydrogens is 314 g/mol. The second-order valence-electron chi connectivity index (χ2n) is 6.93. The first-order chi connectivity index (χ1) is 12.2. The highest BCUT2D eigenvalue weighted by atomic mass is 16.1. The number of aryl methyl sites for hydroxylation is 2. The van der Waals surface area contributed by atoms with E-state index in [2.05, 4.69) is 16.0 Å². The van der Waals surface area contributed by atoms with Gasteiger partial charge in [-0.05, 0) is 49.7 Å². The summed E-state index contributed by atoms with van der Waals surface area (Å²) in [6, 6.07) is 5.86. The highest BCUT2D eigenvalue weighted by Gasteiger charge is 2.25. The number of hydrogen-bond acceptors (Lipinski definition) is 5. The van der Waals surface area contributed by atoms with Gasteiger partial charge in [-0.3, -0.25) is 9.36 Å². The summed E-state index contributed by atoms with van der Waals surface area (Å²) >= 11 is 0. The largest absolute Gasteiger partial charge is 0.355 e. The van der Waals surface area contributed by atoms with Crippen LogP contribution >= 0.6 is 0 Å². The second-order valence-corrected chi connectivity index (χ2v) is 6.93. The van der Waals surface area contributed by atoms with Crippen LogP contribution in [0.3, 0.4) is 0 Å². The fourth-order valence-electron chi connectivity index (χ4n) is 3.91. The second kappa shape index (κ2) is 6.67. The van der Waals surface area contributed by atoms with E-state index < -0.39 is 0 Å². The van der Waals surface area contributed by atoms with E-state index in [-0.39, 0.29) is 5.56 Å². The summed E-state index contributed by atoms with van der Waals surface area (Å²) in [5.41, 5.74) is 3.11. The maximum Gasteiger partial charge on any atom is 0.253 e. The van der Waals surface area contributed by atoms with Gasteiger partial charge in [-0.1, -0.05) is 0 Å². The van der Waals surface area contributed by atoms with E-state index in [4.69, 9.17) is 4.98 Å². The molecule has 0 N–H and O–H groups in total. The molecule has 0 unspecified atom stereocenters. The Bertz CT molecular complexity index is 874. The molecule has 2 aromatic heterocycles. The molecule has 128 valence electrons. The molecule has 2 aromatic rings. The van der Waals surface area contributed by atoms with Crippen molar-refractivity contribution in [1.29, 1.82) is 5.26 Å². The summed E-state index contributed by atoms with van der Waals surface area (Å²) in [7, 11) is 0. The van der Waals surface area contributed by atoms with E-state index >= 15 is 0 Å². The molecule has 0 amide bonds. The molecule has 0 spiro atoms. The summed E-state index contributed by atoms with van der Waals surface area (Å²) < 4.78 is 1.69. The molecule has 2 aliphatic rings. The first kappa shape index (κ1) is 15.8. The van der Waals surface area contributed by atoms with Crippen molar-refractivity contribution in [3.05, 3.63) is 51.8 Å². The van der Waals surface area contributed by atoms with Crippen LogP contribution in [0.15, 0.2) is 29.5 Å². The number of piperidine rings is 1. The average molecular weight is 335 g/mol. The van der Waals surface area contributed by atoms with E-state index in [1.165, 1.54) is 17.8 Å². The molecule has 6 nitrogen and oxygen atoms in total. The van der Waals surface area contributed by atoms with Crippen molar-refractivity contribution in [2.75, 3.05) is 18.0 Å². The van der Waals surface area contributed by atoms with E-state index in [0.29, 0.717) is 18.0 Å². The zero-order valence-corrected chi connectivity index (χ0v) is 14.2. The molecule has 6 heteroatoms. The van der Waals surface area contributed by atoms with Gasteiger partial charge in [0.2, 0.25) is 0 Å². The van der Waals surface area contributed by atoms with Crippen LogP contribution in [0, 0.1) is 17.2 Å². The van der Waals surface area contributed by atoms with Gasteiger partial charge in [0, 0.05) is 37.6 Å². The minimum atomic E-state index is 0.00415.